The zero-order valence-corrected chi connectivity index (χ0v) is 18.2. The normalized spacial score (nSPS) is 12.0. The third kappa shape index (κ3) is 3.66. The molecule has 8 heteroatoms. The molecule has 0 aliphatic rings. The summed E-state index contributed by atoms with van der Waals surface area (Å²) < 4.78 is 40.7. The van der Waals surface area contributed by atoms with Crippen LogP contribution >= 0.6 is 11.3 Å². The van der Waals surface area contributed by atoms with Crippen LogP contribution in [0, 0.1) is 6.92 Å². The summed E-state index contributed by atoms with van der Waals surface area (Å²) >= 11 is 1.11. The van der Waals surface area contributed by atoms with E-state index >= 15 is 0 Å². The number of rotatable bonds is 3. The molecule has 0 radical (unpaired) electrons. The summed E-state index contributed by atoms with van der Waals surface area (Å²) in [5, 5.41) is 2.25. The molecule has 166 valence electrons. The average molecular weight is 466 g/mol. The van der Waals surface area contributed by atoms with Gasteiger partial charge in [0.1, 0.15) is 4.83 Å². The number of nitrogens with zero attached hydrogens (tertiary/aromatic N) is 1. The van der Waals surface area contributed by atoms with Crippen LogP contribution in [0.1, 0.15) is 16.7 Å². The van der Waals surface area contributed by atoms with E-state index in [-0.39, 0.29) is 6.54 Å². The van der Waals surface area contributed by atoms with E-state index in [1.165, 1.54) is 6.07 Å². The van der Waals surface area contributed by atoms with E-state index in [9.17, 15) is 22.8 Å². The van der Waals surface area contributed by atoms with Gasteiger partial charge >= 0.3 is 11.9 Å². The molecule has 2 heterocycles. The lowest BCUT2D eigenvalue weighted by Crippen LogP contribution is -2.35. The summed E-state index contributed by atoms with van der Waals surface area (Å²) in [5.41, 5.74) is -0.0673. The molecule has 1 N–H and O–H groups in total. The fraction of sp³-hybridized carbons (Fsp3) is 0.120. The van der Waals surface area contributed by atoms with E-state index in [4.69, 9.17) is 0 Å². The van der Waals surface area contributed by atoms with Crippen molar-refractivity contribution in [3.8, 4) is 10.4 Å². The third-order valence-corrected chi connectivity index (χ3v) is 6.99. The lowest BCUT2D eigenvalue weighted by molar-refractivity contribution is -0.137. The molecule has 3 aromatic carbocycles. The van der Waals surface area contributed by atoms with Crippen LogP contribution in [-0.4, -0.2) is 9.55 Å². The molecule has 0 bridgehead atoms. The third-order valence-electron chi connectivity index (χ3n) is 5.73. The molecule has 0 atom stereocenters. The number of aryl methyl sites for hydroxylation is 1. The standard InChI is InChI=1S/C25H17F3N2O2S/c1-14-20-22(33-21(14)16-8-5-10-18(12-16)25(26,27)28)29-24(32)30(23(20)31)13-17-9-4-7-15-6-2-3-11-19(15)17/h2-12H,13H2,1H3,(H,29,32). The molecule has 0 aliphatic carbocycles. The van der Waals surface area contributed by atoms with Crippen molar-refractivity contribution in [3.63, 3.8) is 0 Å². The van der Waals surface area contributed by atoms with Crippen molar-refractivity contribution in [1.82, 2.24) is 9.55 Å². The molecule has 0 saturated heterocycles. The number of nitrogens with one attached hydrogen (secondary N) is 1. The van der Waals surface area contributed by atoms with Crippen molar-refractivity contribution in [2.45, 2.75) is 19.6 Å². The fourth-order valence-electron chi connectivity index (χ4n) is 4.11. The minimum atomic E-state index is -4.47. The van der Waals surface area contributed by atoms with Crippen molar-refractivity contribution in [3.05, 3.63) is 104 Å². The Hall–Kier alpha value is -3.65. The van der Waals surface area contributed by atoms with E-state index in [0.717, 1.165) is 44.4 Å². The van der Waals surface area contributed by atoms with Gasteiger partial charge in [0, 0.05) is 4.88 Å². The van der Waals surface area contributed by atoms with Crippen LogP contribution < -0.4 is 11.2 Å². The van der Waals surface area contributed by atoms with E-state index in [1.54, 1.807) is 13.0 Å². The Morgan fingerprint density at radius 3 is 2.48 bits per heavy atom. The molecular weight excluding hydrogens is 449 g/mol. The summed E-state index contributed by atoms with van der Waals surface area (Å²) in [6, 6.07) is 18.4. The summed E-state index contributed by atoms with van der Waals surface area (Å²) in [4.78, 5) is 29.8. The number of fused-ring (bicyclic) bond motifs is 2. The van der Waals surface area contributed by atoms with Crippen molar-refractivity contribution < 1.29 is 13.2 Å². The molecule has 0 spiro atoms. The van der Waals surface area contributed by atoms with E-state index in [1.807, 2.05) is 42.5 Å². The summed E-state index contributed by atoms with van der Waals surface area (Å²) in [6.07, 6.45) is -4.47. The number of aromatic amines is 1. The number of aromatic nitrogens is 2. The maximum Gasteiger partial charge on any atom is 0.416 e. The highest BCUT2D eigenvalue weighted by molar-refractivity contribution is 7.22. The first-order valence-electron chi connectivity index (χ1n) is 10.1. The molecule has 33 heavy (non-hydrogen) atoms. The van der Waals surface area contributed by atoms with Gasteiger partial charge in [-0.3, -0.25) is 14.3 Å². The van der Waals surface area contributed by atoms with Gasteiger partial charge in [-0.25, -0.2) is 4.79 Å². The summed E-state index contributed by atoms with van der Waals surface area (Å²) in [7, 11) is 0. The Bertz CT molecular complexity index is 1640. The first-order valence-corrected chi connectivity index (χ1v) is 11.0. The predicted molar refractivity (Wildman–Crippen MR) is 125 cm³/mol. The number of halogens is 3. The van der Waals surface area contributed by atoms with Gasteiger partial charge in [-0.2, -0.15) is 13.2 Å². The molecule has 0 unspecified atom stereocenters. The van der Waals surface area contributed by atoms with Gasteiger partial charge in [-0.15, -0.1) is 11.3 Å². The second kappa shape index (κ2) is 7.74. The quantitative estimate of drug-likeness (QED) is 0.357. The van der Waals surface area contributed by atoms with Crippen LogP contribution in [0.2, 0.25) is 0 Å². The highest BCUT2D eigenvalue weighted by Gasteiger charge is 2.31. The number of alkyl halides is 3. The highest BCUT2D eigenvalue weighted by Crippen LogP contribution is 2.38. The summed E-state index contributed by atoms with van der Waals surface area (Å²) in [5.74, 6) is 0. The van der Waals surface area contributed by atoms with Crippen LogP contribution in [-0.2, 0) is 12.7 Å². The monoisotopic (exact) mass is 466 g/mol. The number of hydrogen-bond donors (Lipinski definition) is 1. The molecule has 2 aromatic heterocycles. The minimum Gasteiger partial charge on any atom is -0.298 e. The number of benzene rings is 3. The van der Waals surface area contributed by atoms with Gasteiger partial charge in [0.15, 0.2) is 0 Å². The first kappa shape index (κ1) is 21.2. The van der Waals surface area contributed by atoms with E-state index in [0.29, 0.717) is 26.2 Å². The average Bonchev–Trinajstić information content (AvgIpc) is 3.12. The summed E-state index contributed by atoms with van der Waals surface area (Å²) in [6.45, 7) is 1.77. The van der Waals surface area contributed by atoms with Gasteiger partial charge < -0.3 is 0 Å². The van der Waals surface area contributed by atoms with Gasteiger partial charge in [-0.05, 0) is 46.5 Å². The van der Waals surface area contributed by atoms with Crippen molar-refractivity contribution in [2.24, 2.45) is 0 Å². The fourth-order valence-corrected chi connectivity index (χ4v) is 5.29. The zero-order chi connectivity index (χ0) is 23.3. The lowest BCUT2D eigenvalue weighted by atomic mass is 10.0. The van der Waals surface area contributed by atoms with Crippen molar-refractivity contribution in [2.75, 3.05) is 0 Å². The minimum absolute atomic E-state index is 0.0830. The van der Waals surface area contributed by atoms with Crippen LogP contribution in [0.25, 0.3) is 31.4 Å². The first-order chi connectivity index (χ1) is 15.7. The molecule has 0 saturated carbocycles. The highest BCUT2D eigenvalue weighted by atomic mass is 32.1. The Morgan fingerprint density at radius 2 is 1.70 bits per heavy atom. The number of H-pyrrole nitrogens is 1. The Morgan fingerprint density at radius 1 is 0.970 bits per heavy atom. The SMILES string of the molecule is Cc1c(-c2cccc(C(F)(F)F)c2)sc2[nH]c(=O)n(Cc3cccc4ccccc34)c(=O)c12. The van der Waals surface area contributed by atoms with Crippen LogP contribution in [0.5, 0.6) is 0 Å². The second-order valence-corrected chi connectivity index (χ2v) is 8.82. The molecule has 0 aliphatic heterocycles. The maximum absolute atomic E-state index is 13.4. The Balaban J connectivity index is 1.66. The molecular formula is C25H17F3N2O2S. The second-order valence-electron chi connectivity index (χ2n) is 7.80. The van der Waals surface area contributed by atoms with Crippen LogP contribution in [0.4, 0.5) is 13.2 Å². The smallest absolute Gasteiger partial charge is 0.298 e. The number of hydrogen-bond acceptors (Lipinski definition) is 3. The van der Waals surface area contributed by atoms with Crippen LogP contribution in [0.15, 0.2) is 76.3 Å². The van der Waals surface area contributed by atoms with Gasteiger partial charge in [0.2, 0.25) is 0 Å². The van der Waals surface area contributed by atoms with Gasteiger partial charge in [0.25, 0.3) is 5.56 Å². The maximum atomic E-state index is 13.4. The van der Waals surface area contributed by atoms with Gasteiger partial charge in [0.05, 0.1) is 17.5 Å². The largest absolute Gasteiger partial charge is 0.416 e. The zero-order valence-electron chi connectivity index (χ0n) is 17.4. The molecule has 4 nitrogen and oxygen atoms in total. The predicted octanol–water partition coefficient (Wildman–Crippen LogP) is 5.95. The van der Waals surface area contributed by atoms with Crippen molar-refractivity contribution in [1.29, 1.82) is 0 Å². The van der Waals surface area contributed by atoms with E-state index in [2.05, 4.69) is 4.98 Å². The number of thiophene rings is 1. The topological polar surface area (TPSA) is 54.9 Å². The van der Waals surface area contributed by atoms with Gasteiger partial charge in [-0.1, -0.05) is 54.6 Å². The molecule has 5 rings (SSSR count). The van der Waals surface area contributed by atoms with Crippen LogP contribution in [0.3, 0.4) is 0 Å². The van der Waals surface area contributed by atoms with E-state index < -0.39 is 23.0 Å². The molecule has 0 amide bonds. The Kier molecular flexibility index (Phi) is 4.97. The lowest BCUT2D eigenvalue weighted by Gasteiger charge is -2.09. The van der Waals surface area contributed by atoms with Crippen molar-refractivity contribution >= 4 is 32.3 Å². The molecule has 0 fully saturated rings. The molecule has 5 aromatic rings. The Labute approximate surface area is 189 Å².